The van der Waals surface area contributed by atoms with Gasteiger partial charge in [-0.15, -0.1) is 0 Å². The molecule has 24 heavy (non-hydrogen) atoms. The summed E-state index contributed by atoms with van der Waals surface area (Å²) in [6, 6.07) is 11.0. The van der Waals surface area contributed by atoms with Crippen LogP contribution >= 0.6 is 0 Å². The van der Waals surface area contributed by atoms with Crippen LogP contribution < -0.4 is 14.8 Å². The van der Waals surface area contributed by atoms with Crippen molar-refractivity contribution in [3.8, 4) is 11.5 Å². The number of ether oxygens (including phenoxy) is 3. The van der Waals surface area contributed by atoms with E-state index in [0.29, 0.717) is 12.4 Å². The van der Waals surface area contributed by atoms with Crippen LogP contribution in [0.25, 0.3) is 10.8 Å². The second kappa shape index (κ2) is 8.57. The number of carbonyl (C=O) groups is 2. The van der Waals surface area contributed by atoms with Gasteiger partial charge in [0.1, 0.15) is 18.1 Å². The lowest BCUT2D eigenvalue weighted by Gasteiger charge is -2.11. The Bertz CT molecular complexity index is 741. The van der Waals surface area contributed by atoms with Gasteiger partial charge in [-0.1, -0.05) is 30.8 Å². The van der Waals surface area contributed by atoms with E-state index in [2.05, 4.69) is 11.9 Å². The molecule has 6 heteroatoms. The molecule has 0 spiro atoms. The van der Waals surface area contributed by atoms with Crippen LogP contribution in [0, 0.1) is 0 Å². The average molecular weight is 329 g/mol. The first-order valence-electron chi connectivity index (χ1n) is 7.55. The monoisotopic (exact) mass is 329 g/mol. The van der Waals surface area contributed by atoms with Crippen LogP contribution in [0.5, 0.6) is 11.5 Å². The van der Waals surface area contributed by atoms with Crippen LogP contribution in [0.3, 0.4) is 0 Å². The van der Waals surface area contributed by atoms with E-state index < -0.39 is 12.1 Å². The van der Waals surface area contributed by atoms with Crippen molar-refractivity contribution in [1.29, 1.82) is 0 Å². The SMILES string of the molecule is C=CC(=O)OCCNC(=O)Oc1cccc2c(OCC)cccc12. The number of hydrogen-bond donors (Lipinski definition) is 1. The molecule has 0 aromatic heterocycles. The van der Waals surface area contributed by atoms with Gasteiger partial charge in [-0.05, 0) is 19.1 Å². The van der Waals surface area contributed by atoms with Crippen molar-refractivity contribution >= 4 is 22.8 Å². The van der Waals surface area contributed by atoms with E-state index in [0.717, 1.165) is 22.6 Å². The lowest BCUT2D eigenvalue weighted by Crippen LogP contribution is -2.30. The maximum absolute atomic E-state index is 11.9. The fourth-order valence-corrected chi connectivity index (χ4v) is 2.12. The molecule has 2 aromatic carbocycles. The van der Waals surface area contributed by atoms with Crippen molar-refractivity contribution in [2.75, 3.05) is 19.8 Å². The van der Waals surface area contributed by atoms with Crippen LogP contribution in [0.1, 0.15) is 6.92 Å². The van der Waals surface area contributed by atoms with Crippen molar-refractivity contribution < 1.29 is 23.8 Å². The Hall–Kier alpha value is -3.02. The highest BCUT2D eigenvalue weighted by molar-refractivity contribution is 5.94. The van der Waals surface area contributed by atoms with Crippen LogP contribution in [0.15, 0.2) is 49.1 Å². The molecule has 0 heterocycles. The lowest BCUT2D eigenvalue weighted by atomic mass is 10.1. The molecule has 1 N–H and O–H groups in total. The minimum Gasteiger partial charge on any atom is -0.493 e. The highest BCUT2D eigenvalue weighted by Crippen LogP contribution is 2.32. The van der Waals surface area contributed by atoms with Gasteiger partial charge in [-0.2, -0.15) is 0 Å². The van der Waals surface area contributed by atoms with E-state index >= 15 is 0 Å². The van der Waals surface area contributed by atoms with Gasteiger partial charge >= 0.3 is 12.1 Å². The average Bonchev–Trinajstić information content (AvgIpc) is 2.59. The Morgan fingerprint density at radius 3 is 2.46 bits per heavy atom. The van der Waals surface area contributed by atoms with E-state index in [1.807, 2.05) is 31.2 Å². The van der Waals surface area contributed by atoms with Gasteiger partial charge in [-0.3, -0.25) is 0 Å². The minimum atomic E-state index is -0.626. The maximum Gasteiger partial charge on any atom is 0.412 e. The summed E-state index contributed by atoms with van der Waals surface area (Å²) in [5.41, 5.74) is 0. The molecular weight excluding hydrogens is 310 g/mol. The van der Waals surface area contributed by atoms with E-state index in [1.54, 1.807) is 12.1 Å². The normalized spacial score (nSPS) is 10.0. The van der Waals surface area contributed by atoms with Gasteiger partial charge in [0, 0.05) is 16.8 Å². The fourth-order valence-electron chi connectivity index (χ4n) is 2.12. The molecule has 6 nitrogen and oxygen atoms in total. The highest BCUT2D eigenvalue weighted by atomic mass is 16.6. The Morgan fingerprint density at radius 1 is 1.12 bits per heavy atom. The van der Waals surface area contributed by atoms with Gasteiger partial charge in [0.05, 0.1) is 13.2 Å². The lowest BCUT2D eigenvalue weighted by molar-refractivity contribution is -0.137. The molecule has 0 unspecified atom stereocenters. The molecule has 0 fully saturated rings. The van der Waals surface area contributed by atoms with Crippen molar-refractivity contribution in [3.05, 3.63) is 49.1 Å². The zero-order valence-corrected chi connectivity index (χ0v) is 13.4. The number of carbonyl (C=O) groups excluding carboxylic acids is 2. The topological polar surface area (TPSA) is 73.9 Å². The highest BCUT2D eigenvalue weighted by Gasteiger charge is 2.10. The predicted octanol–water partition coefficient (Wildman–Crippen LogP) is 3.06. The van der Waals surface area contributed by atoms with Crippen LogP contribution in [0.4, 0.5) is 4.79 Å². The second-order valence-corrected chi connectivity index (χ2v) is 4.73. The molecule has 0 aliphatic rings. The third kappa shape index (κ3) is 4.49. The second-order valence-electron chi connectivity index (χ2n) is 4.73. The zero-order chi connectivity index (χ0) is 17.4. The number of fused-ring (bicyclic) bond motifs is 1. The van der Waals surface area contributed by atoms with Crippen LogP contribution in [0.2, 0.25) is 0 Å². The van der Waals surface area contributed by atoms with Crippen LogP contribution in [-0.4, -0.2) is 31.8 Å². The minimum absolute atomic E-state index is 0.0456. The molecule has 1 amide bonds. The van der Waals surface area contributed by atoms with Gasteiger partial charge in [0.15, 0.2) is 0 Å². The number of nitrogens with one attached hydrogen (secondary N) is 1. The Morgan fingerprint density at radius 2 is 1.79 bits per heavy atom. The standard InChI is InChI=1S/C18H19NO5/c1-3-17(20)23-12-11-19-18(21)24-16-10-6-7-13-14(16)8-5-9-15(13)22-4-2/h3,5-10H,1,4,11-12H2,2H3,(H,19,21). The van der Waals surface area contributed by atoms with Gasteiger partial charge in [-0.25, -0.2) is 9.59 Å². The molecule has 2 rings (SSSR count). The van der Waals surface area contributed by atoms with E-state index in [-0.39, 0.29) is 13.2 Å². The summed E-state index contributed by atoms with van der Waals surface area (Å²) < 4.78 is 15.7. The number of amides is 1. The fraction of sp³-hybridized carbons (Fsp3) is 0.222. The van der Waals surface area contributed by atoms with Crippen molar-refractivity contribution in [3.63, 3.8) is 0 Å². The molecule has 0 radical (unpaired) electrons. The third-order valence-electron chi connectivity index (χ3n) is 3.13. The molecule has 0 aliphatic carbocycles. The summed E-state index contributed by atoms with van der Waals surface area (Å²) in [7, 11) is 0. The summed E-state index contributed by atoms with van der Waals surface area (Å²) in [6.07, 6.45) is 0.434. The Kier molecular flexibility index (Phi) is 6.19. The van der Waals surface area contributed by atoms with Crippen molar-refractivity contribution in [2.45, 2.75) is 6.92 Å². The number of benzene rings is 2. The summed E-state index contributed by atoms with van der Waals surface area (Å²) in [4.78, 5) is 22.7. The molecule has 0 saturated heterocycles. The van der Waals surface area contributed by atoms with E-state index in [9.17, 15) is 9.59 Å². The molecule has 126 valence electrons. The predicted molar refractivity (Wildman–Crippen MR) is 90.3 cm³/mol. The molecular formula is C18H19NO5. The largest absolute Gasteiger partial charge is 0.493 e. The number of rotatable bonds is 7. The third-order valence-corrected chi connectivity index (χ3v) is 3.13. The van der Waals surface area contributed by atoms with E-state index in [4.69, 9.17) is 14.2 Å². The van der Waals surface area contributed by atoms with Crippen LogP contribution in [-0.2, 0) is 9.53 Å². The Labute approximate surface area is 140 Å². The molecule has 0 bridgehead atoms. The summed E-state index contributed by atoms with van der Waals surface area (Å²) in [5.74, 6) is 0.620. The smallest absolute Gasteiger partial charge is 0.412 e. The number of esters is 1. The maximum atomic E-state index is 11.9. The van der Waals surface area contributed by atoms with Gasteiger partial charge in [0.25, 0.3) is 0 Å². The first-order valence-corrected chi connectivity index (χ1v) is 7.55. The molecule has 0 aliphatic heterocycles. The van der Waals surface area contributed by atoms with E-state index in [1.165, 1.54) is 0 Å². The molecule has 0 saturated carbocycles. The summed E-state index contributed by atoms with van der Waals surface area (Å²) in [5, 5.41) is 4.15. The zero-order valence-electron chi connectivity index (χ0n) is 13.4. The van der Waals surface area contributed by atoms with Crippen molar-refractivity contribution in [2.24, 2.45) is 0 Å². The summed E-state index contributed by atoms with van der Waals surface area (Å²) >= 11 is 0. The molecule has 0 atom stereocenters. The van der Waals surface area contributed by atoms with Gasteiger partial charge in [0.2, 0.25) is 0 Å². The first kappa shape index (κ1) is 17.3. The first-order chi connectivity index (χ1) is 11.7. The quantitative estimate of drug-likeness (QED) is 0.480. The van der Waals surface area contributed by atoms with Gasteiger partial charge < -0.3 is 19.5 Å². The number of hydrogen-bond acceptors (Lipinski definition) is 5. The Balaban J connectivity index is 2.02. The summed E-state index contributed by atoms with van der Waals surface area (Å²) in [6.45, 7) is 5.93. The van der Waals surface area contributed by atoms with Crippen molar-refractivity contribution in [1.82, 2.24) is 5.32 Å². The molecule has 2 aromatic rings.